The van der Waals surface area contributed by atoms with Gasteiger partial charge in [0, 0.05) is 5.92 Å². The summed E-state index contributed by atoms with van der Waals surface area (Å²) >= 11 is 0. The summed E-state index contributed by atoms with van der Waals surface area (Å²) in [6.07, 6.45) is 1.26. The van der Waals surface area contributed by atoms with Crippen molar-refractivity contribution in [3.63, 3.8) is 0 Å². The van der Waals surface area contributed by atoms with Crippen molar-refractivity contribution in [2.24, 2.45) is 22.9 Å². The first-order valence-corrected chi connectivity index (χ1v) is 10.8. The number of rotatable bonds is 3. The lowest BCUT2D eigenvalue weighted by atomic mass is 9.71. The molecule has 3 rings (SSSR count). The molecule has 2 fully saturated rings. The van der Waals surface area contributed by atoms with Crippen LogP contribution in [0.4, 0.5) is 0 Å². The first kappa shape index (κ1) is 15.7. The van der Waals surface area contributed by atoms with Crippen LogP contribution in [0.25, 0.3) is 0 Å². The van der Waals surface area contributed by atoms with E-state index in [4.69, 9.17) is 14.0 Å². The van der Waals surface area contributed by atoms with E-state index in [-0.39, 0.29) is 41.0 Å². The zero-order valence-corrected chi connectivity index (χ0v) is 15.0. The lowest BCUT2D eigenvalue weighted by Crippen LogP contribution is -2.55. The summed E-state index contributed by atoms with van der Waals surface area (Å²) in [6, 6.07) is 0. The van der Waals surface area contributed by atoms with Crippen LogP contribution in [0.2, 0.25) is 18.1 Å². The van der Waals surface area contributed by atoms with Crippen LogP contribution in [0, 0.1) is 17.8 Å². The average molecular weight is 323 g/mol. The summed E-state index contributed by atoms with van der Waals surface area (Å²) in [5.41, 5.74) is 0.815. The Morgan fingerprint density at radius 3 is 2.68 bits per heavy atom. The summed E-state index contributed by atoms with van der Waals surface area (Å²) in [7, 11) is -2.02. The Bertz CT molecular complexity index is 537. The fraction of sp³-hybridized carbons (Fsp3) is 0.750. The molecule has 2 heterocycles. The number of ether oxygens (including phenoxy) is 1. The van der Waals surface area contributed by atoms with E-state index >= 15 is 0 Å². The van der Waals surface area contributed by atoms with Crippen LogP contribution in [-0.2, 0) is 18.8 Å². The Morgan fingerprint density at radius 1 is 1.41 bits per heavy atom. The molecule has 6 heteroatoms. The molecule has 2 aliphatic heterocycles. The SMILES string of the molecule is C=C[C@@H]1[C@@H]2C(=O)O[C@H]1C1=NOC[C@@H]1[C@@H]2O[Si](C)(C)C(C)(C)C. The van der Waals surface area contributed by atoms with E-state index in [0.29, 0.717) is 6.61 Å². The van der Waals surface area contributed by atoms with Crippen molar-refractivity contribution in [1.29, 1.82) is 0 Å². The molecule has 0 radical (unpaired) electrons. The lowest BCUT2D eigenvalue weighted by molar-refractivity contribution is -0.144. The number of fused-ring (bicyclic) bond motifs is 4. The number of hydrogen-bond donors (Lipinski definition) is 0. The summed E-state index contributed by atoms with van der Waals surface area (Å²) in [4.78, 5) is 17.7. The zero-order chi connectivity index (χ0) is 16.3. The molecule has 0 amide bonds. The molecule has 0 unspecified atom stereocenters. The number of oxime groups is 1. The summed E-state index contributed by atoms with van der Waals surface area (Å²) in [5, 5.41) is 4.21. The maximum atomic E-state index is 12.4. The van der Waals surface area contributed by atoms with Crippen LogP contribution in [-0.4, -0.2) is 38.8 Å². The van der Waals surface area contributed by atoms with E-state index in [1.807, 2.05) is 0 Å². The van der Waals surface area contributed by atoms with Gasteiger partial charge in [0.2, 0.25) is 0 Å². The van der Waals surface area contributed by atoms with Gasteiger partial charge in [-0.2, -0.15) is 0 Å². The quantitative estimate of drug-likeness (QED) is 0.455. The Balaban J connectivity index is 1.97. The van der Waals surface area contributed by atoms with Crippen molar-refractivity contribution in [1.82, 2.24) is 0 Å². The Morgan fingerprint density at radius 2 is 2.09 bits per heavy atom. The number of esters is 1. The first-order valence-electron chi connectivity index (χ1n) is 7.88. The molecule has 0 aromatic heterocycles. The summed E-state index contributed by atoms with van der Waals surface area (Å²) < 4.78 is 12.2. The van der Waals surface area contributed by atoms with Gasteiger partial charge in [-0.25, -0.2) is 0 Å². The molecule has 0 aromatic rings. The van der Waals surface area contributed by atoms with Gasteiger partial charge in [-0.05, 0) is 18.1 Å². The Labute approximate surface area is 132 Å². The molecule has 0 spiro atoms. The van der Waals surface area contributed by atoms with Crippen molar-refractivity contribution in [2.75, 3.05) is 6.61 Å². The number of carbonyl (C=O) groups excluding carboxylic acids is 1. The minimum absolute atomic E-state index is 0.0202. The molecule has 3 aliphatic rings. The van der Waals surface area contributed by atoms with E-state index in [1.165, 1.54) is 0 Å². The topological polar surface area (TPSA) is 57.1 Å². The molecule has 5 atom stereocenters. The van der Waals surface area contributed by atoms with Crippen molar-refractivity contribution in [3.05, 3.63) is 12.7 Å². The molecule has 22 heavy (non-hydrogen) atoms. The summed E-state index contributed by atoms with van der Waals surface area (Å²) in [6.45, 7) is 15.4. The predicted molar refractivity (Wildman–Crippen MR) is 86.0 cm³/mol. The van der Waals surface area contributed by atoms with Crippen molar-refractivity contribution >= 4 is 20.0 Å². The predicted octanol–water partition coefficient (Wildman–Crippen LogP) is 2.74. The monoisotopic (exact) mass is 323 g/mol. The standard InChI is InChI=1S/C16H25NO4Si/c1-7-9-11-13(21-22(5,6)16(2,3)4)10-8-19-17-12(10)14(9)20-15(11)18/h7,9-11,13-14H,1,8H2,2-6H3/t9-,10+,11+,13+,14-/m1/s1. The highest BCUT2D eigenvalue weighted by molar-refractivity contribution is 6.74. The van der Waals surface area contributed by atoms with Gasteiger partial charge in [0.25, 0.3) is 0 Å². The summed E-state index contributed by atoms with van der Waals surface area (Å²) in [5.74, 6) is -0.524. The molecule has 0 aromatic carbocycles. The highest BCUT2D eigenvalue weighted by Crippen LogP contribution is 2.48. The van der Waals surface area contributed by atoms with Crippen LogP contribution in [0.1, 0.15) is 20.8 Å². The maximum absolute atomic E-state index is 12.4. The Hall–Kier alpha value is -1.14. The number of nitrogens with zero attached hydrogens (tertiary/aromatic N) is 1. The molecular weight excluding hydrogens is 298 g/mol. The zero-order valence-electron chi connectivity index (χ0n) is 14.0. The number of carbonyl (C=O) groups is 1. The lowest BCUT2D eigenvalue weighted by Gasteiger charge is -2.44. The Kier molecular flexibility index (Phi) is 3.53. The normalized spacial score (nSPS) is 37.2. The van der Waals surface area contributed by atoms with Crippen molar-refractivity contribution < 1.29 is 18.8 Å². The second kappa shape index (κ2) is 4.93. The van der Waals surface area contributed by atoms with Gasteiger partial charge in [0.15, 0.2) is 14.4 Å². The fourth-order valence-corrected chi connectivity index (χ4v) is 4.65. The fourth-order valence-electron chi connectivity index (χ4n) is 3.30. The molecule has 1 saturated heterocycles. The highest BCUT2D eigenvalue weighted by atomic mass is 28.4. The minimum Gasteiger partial charge on any atom is -0.455 e. The van der Waals surface area contributed by atoms with Crippen LogP contribution >= 0.6 is 0 Å². The van der Waals surface area contributed by atoms with Crippen molar-refractivity contribution in [3.8, 4) is 0 Å². The molecule has 1 saturated carbocycles. The molecule has 122 valence electrons. The van der Waals surface area contributed by atoms with Gasteiger partial charge in [0.05, 0.1) is 17.9 Å². The molecular formula is C16H25NO4Si. The first-order chi connectivity index (χ1) is 10.2. The molecule has 5 nitrogen and oxygen atoms in total. The third-order valence-electron chi connectivity index (χ3n) is 5.63. The maximum Gasteiger partial charge on any atom is 0.313 e. The van der Waals surface area contributed by atoms with Gasteiger partial charge < -0.3 is 14.0 Å². The largest absolute Gasteiger partial charge is 0.455 e. The van der Waals surface area contributed by atoms with Crippen LogP contribution < -0.4 is 0 Å². The smallest absolute Gasteiger partial charge is 0.313 e. The van der Waals surface area contributed by atoms with E-state index in [2.05, 4.69) is 45.6 Å². The molecule has 1 aliphatic carbocycles. The molecule has 0 N–H and O–H groups in total. The van der Waals surface area contributed by atoms with Gasteiger partial charge in [-0.3, -0.25) is 4.79 Å². The van der Waals surface area contributed by atoms with Crippen LogP contribution in [0.3, 0.4) is 0 Å². The van der Waals surface area contributed by atoms with Gasteiger partial charge in [-0.15, -0.1) is 6.58 Å². The van der Waals surface area contributed by atoms with Gasteiger partial charge >= 0.3 is 5.97 Å². The number of hydrogen-bond acceptors (Lipinski definition) is 5. The third-order valence-corrected chi connectivity index (χ3v) is 10.1. The second-order valence-electron chi connectivity index (χ2n) is 7.96. The van der Waals surface area contributed by atoms with Crippen LogP contribution in [0.15, 0.2) is 17.8 Å². The van der Waals surface area contributed by atoms with Gasteiger partial charge in [-0.1, -0.05) is 32.0 Å². The van der Waals surface area contributed by atoms with E-state index < -0.39 is 8.32 Å². The van der Waals surface area contributed by atoms with Crippen molar-refractivity contribution in [2.45, 2.75) is 51.1 Å². The van der Waals surface area contributed by atoms with E-state index in [1.54, 1.807) is 6.08 Å². The minimum atomic E-state index is -2.02. The van der Waals surface area contributed by atoms with E-state index in [0.717, 1.165) is 5.71 Å². The highest BCUT2D eigenvalue weighted by Gasteiger charge is 2.61. The van der Waals surface area contributed by atoms with E-state index in [9.17, 15) is 4.79 Å². The van der Waals surface area contributed by atoms with Gasteiger partial charge in [0.1, 0.15) is 12.3 Å². The second-order valence-corrected chi connectivity index (χ2v) is 12.7. The van der Waals surface area contributed by atoms with Crippen LogP contribution in [0.5, 0.6) is 0 Å². The third kappa shape index (κ3) is 2.15. The average Bonchev–Trinajstić information content (AvgIpc) is 2.96. The molecule has 2 bridgehead atoms.